The van der Waals surface area contributed by atoms with Crippen molar-refractivity contribution < 1.29 is 9.47 Å². The van der Waals surface area contributed by atoms with Crippen LogP contribution in [0.1, 0.15) is 28.3 Å². The molecule has 164 valence electrons. The van der Waals surface area contributed by atoms with Gasteiger partial charge < -0.3 is 20.1 Å². The zero-order valence-electron chi connectivity index (χ0n) is 18.3. The molecule has 2 N–H and O–H groups in total. The molecule has 30 heavy (non-hydrogen) atoms. The average Bonchev–Trinajstić information content (AvgIpc) is 3.21. The summed E-state index contributed by atoms with van der Waals surface area (Å²) in [5.41, 5.74) is 1.28. The first kappa shape index (κ1) is 22.6. The lowest BCUT2D eigenvalue weighted by atomic mass is 10.1. The Kier molecular flexibility index (Phi) is 8.99. The van der Waals surface area contributed by atoms with Gasteiger partial charge >= 0.3 is 0 Å². The summed E-state index contributed by atoms with van der Waals surface area (Å²) < 4.78 is 10.8. The second-order valence-corrected chi connectivity index (χ2v) is 8.68. The summed E-state index contributed by atoms with van der Waals surface area (Å²) in [4.78, 5) is 10.2. The Morgan fingerprint density at radius 1 is 1.17 bits per heavy atom. The second-order valence-electron chi connectivity index (χ2n) is 7.36. The number of methoxy groups -OCH3 is 1. The van der Waals surface area contributed by atoms with Gasteiger partial charge in [0.2, 0.25) is 0 Å². The molecule has 0 spiro atoms. The molecular formula is C23H34N4O2S. The summed E-state index contributed by atoms with van der Waals surface area (Å²) in [7, 11) is 1.69. The molecule has 1 saturated heterocycles. The van der Waals surface area contributed by atoms with Crippen LogP contribution >= 0.6 is 11.3 Å². The minimum absolute atomic E-state index is 0.296. The van der Waals surface area contributed by atoms with Crippen LogP contribution in [0.5, 0.6) is 5.75 Å². The number of nitrogens with zero attached hydrogens (tertiary/aromatic N) is 2. The highest BCUT2D eigenvalue weighted by Gasteiger charge is 2.23. The molecule has 2 heterocycles. The summed E-state index contributed by atoms with van der Waals surface area (Å²) in [6.07, 6.45) is 0.936. The fourth-order valence-corrected chi connectivity index (χ4v) is 4.55. The molecule has 0 bridgehead atoms. The molecule has 0 saturated carbocycles. The van der Waals surface area contributed by atoms with Gasteiger partial charge in [-0.2, -0.15) is 0 Å². The van der Waals surface area contributed by atoms with Crippen molar-refractivity contribution in [2.24, 2.45) is 4.99 Å². The van der Waals surface area contributed by atoms with Crippen molar-refractivity contribution in [3.8, 4) is 5.75 Å². The second kappa shape index (κ2) is 11.9. The van der Waals surface area contributed by atoms with Crippen LogP contribution in [0.15, 0.2) is 41.4 Å². The van der Waals surface area contributed by atoms with Crippen molar-refractivity contribution in [2.75, 3.05) is 53.0 Å². The topological polar surface area (TPSA) is 58.1 Å². The molecule has 7 heteroatoms. The van der Waals surface area contributed by atoms with E-state index in [-0.39, 0.29) is 0 Å². The van der Waals surface area contributed by atoms with Crippen molar-refractivity contribution >= 4 is 17.3 Å². The van der Waals surface area contributed by atoms with E-state index in [1.165, 1.54) is 15.3 Å². The highest BCUT2D eigenvalue weighted by molar-refractivity contribution is 7.12. The number of aliphatic imine (C=N–C) groups is 1. The first-order chi connectivity index (χ1) is 14.7. The van der Waals surface area contributed by atoms with Crippen molar-refractivity contribution in [2.45, 2.75) is 26.3 Å². The van der Waals surface area contributed by atoms with Crippen LogP contribution in [0.3, 0.4) is 0 Å². The van der Waals surface area contributed by atoms with Crippen LogP contribution in [0, 0.1) is 6.92 Å². The van der Waals surface area contributed by atoms with Crippen LogP contribution in [-0.4, -0.2) is 63.9 Å². The van der Waals surface area contributed by atoms with Gasteiger partial charge in [-0.25, -0.2) is 0 Å². The Balaban J connectivity index is 1.61. The molecule has 1 unspecified atom stereocenters. The van der Waals surface area contributed by atoms with E-state index in [1.807, 2.05) is 23.5 Å². The molecule has 1 aromatic carbocycles. The molecule has 0 amide bonds. The highest BCUT2D eigenvalue weighted by Crippen LogP contribution is 2.28. The van der Waals surface area contributed by atoms with Gasteiger partial charge in [-0.1, -0.05) is 12.1 Å². The molecule has 0 aliphatic carbocycles. The van der Waals surface area contributed by atoms with E-state index in [9.17, 15) is 0 Å². The molecule has 3 rings (SSSR count). The lowest BCUT2D eigenvalue weighted by molar-refractivity contribution is 0.0186. The van der Waals surface area contributed by atoms with Gasteiger partial charge in [0.05, 0.1) is 32.9 Å². The fraction of sp³-hybridized carbons (Fsp3) is 0.522. The molecular weight excluding hydrogens is 396 g/mol. The largest absolute Gasteiger partial charge is 0.497 e. The van der Waals surface area contributed by atoms with Crippen molar-refractivity contribution in [3.63, 3.8) is 0 Å². The van der Waals surface area contributed by atoms with Crippen LogP contribution in [0.25, 0.3) is 0 Å². The summed E-state index contributed by atoms with van der Waals surface area (Å²) in [6.45, 7) is 10.2. The molecule has 1 fully saturated rings. The first-order valence-corrected chi connectivity index (χ1v) is 11.5. The first-order valence-electron chi connectivity index (χ1n) is 10.7. The number of aryl methyl sites for hydroxylation is 1. The monoisotopic (exact) mass is 430 g/mol. The van der Waals surface area contributed by atoms with Crippen LogP contribution in [0.2, 0.25) is 0 Å². The predicted octanol–water partition coefficient (Wildman–Crippen LogP) is 3.24. The zero-order chi connectivity index (χ0) is 21.2. The Morgan fingerprint density at radius 2 is 1.93 bits per heavy atom. The van der Waals surface area contributed by atoms with Crippen molar-refractivity contribution in [1.82, 2.24) is 15.5 Å². The van der Waals surface area contributed by atoms with E-state index >= 15 is 0 Å². The minimum atomic E-state index is 0.296. The van der Waals surface area contributed by atoms with Gasteiger partial charge in [0.15, 0.2) is 5.96 Å². The van der Waals surface area contributed by atoms with Crippen LogP contribution in [-0.2, 0) is 11.2 Å². The van der Waals surface area contributed by atoms with Gasteiger partial charge in [0.25, 0.3) is 0 Å². The third kappa shape index (κ3) is 6.72. The number of guanidine groups is 1. The minimum Gasteiger partial charge on any atom is -0.497 e. The van der Waals surface area contributed by atoms with E-state index in [4.69, 9.17) is 14.5 Å². The number of thiophene rings is 1. The van der Waals surface area contributed by atoms with E-state index in [0.29, 0.717) is 6.04 Å². The maximum atomic E-state index is 5.56. The molecule has 1 atom stereocenters. The van der Waals surface area contributed by atoms with Crippen molar-refractivity contribution in [3.05, 3.63) is 51.7 Å². The Morgan fingerprint density at radius 3 is 2.57 bits per heavy atom. The molecule has 1 aliphatic heterocycles. The number of hydrogen-bond acceptors (Lipinski definition) is 5. The summed E-state index contributed by atoms with van der Waals surface area (Å²) >= 11 is 1.87. The van der Waals surface area contributed by atoms with Gasteiger partial charge in [-0.05, 0) is 50.1 Å². The number of morpholine rings is 1. The third-order valence-corrected chi connectivity index (χ3v) is 6.31. The molecule has 1 aliphatic rings. The maximum Gasteiger partial charge on any atom is 0.191 e. The molecule has 2 aromatic rings. The Labute approximate surface area is 184 Å². The lowest BCUT2D eigenvalue weighted by Crippen LogP contribution is -2.42. The van der Waals surface area contributed by atoms with Crippen molar-refractivity contribution in [1.29, 1.82) is 0 Å². The fourth-order valence-electron chi connectivity index (χ4n) is 3.54. The van der Waals surface area contributed by atoms with Gasteiger partial charge in [-0.3, -0.25) is 9.89 Å². The smallest absolute Gasteiger partial charge is 0.191 e. The number of rotatable bonds is 9. The van der Waals surface area contributed by atoms with Gasteiger partial charge in [0.1, 0.15) is 5.75 Å². The summed E-state index contributed by atoms with van der Waals surface area (Å²) in [6, 6.07) is 13.0. The van der Waals surface area contributed by atoms with Gasteiger partial charge in [0, 0.05) is 35.9 Å². The normalized spacial score (nSPS) is 16.3. The van der Waals surface area contributed by atoms with Crippen LogP contribution in [0.4, 0.5) is 0 Å². The standard InChI is InChI=1S/C23H34N4O2S/c1-4-24-23(25-12-11-19-6-8-20(28-3)9-7-19)26-17-21(22-10-5-18(2)30-22)27-13-15-29-16-14-27/h5-10,21H,4,11-17H2,1-3H3,(H2,24,25,26). The van der Waals surface area contributed by atoms with E-state index < -0.39 is 0 Å². The molecule has 1 aromatic heterocycles. The SMILES string of the molecule is CCNC(=NCC(c1ccc(C)s1)N1CCOCC1)NCCc1ccc(OC)cc1. The quantitative estimate of drug-likeness (QED) is 0.473. The number of nitrogens with one attached hydrogen (secondary N) is 2. The Hall–Kier alpha value is -2.09. The van der Waals surface area contributed by atoms with E-state index in [1.54, 1.807) is 7.11 Å². The summed E-state index contributed by atoms with van der Waals surface area (Å²) in [5.74, 6) is 1.76. The molecule has 6 nitrogen and oxygen atoms in total. The zero-order valence-corrected chi connectivity index (χ0v) is 19.1. The summed E-state index contributed by atoms with van der Waals surface area (Å²) in [5, 5.41) is 6.86. The number of hydrogen-bond donors (Lipinski definition) is 2. The van der Waals surface area contributed by atoms with E-state index in [0.717, 1.165) is 64.1 Å². The lowest BCUT2D eigenvalue weighted by Gasteiger charge is -2.33. The predicted molar refractivity (Wildman–Crippen MR) is 125 cm³/mol. The maximum absolute atomic E-state index is 5.56. The Bertz CT molecular complexity index is 785. The molecule has 0 radical (unpaired) electrons. The number of benzene rings is 1. The van der Waals surface area contributed by atoms with E-state index in [2.05, 4.69) is 53.6 Å². The van der Waals surface area contributed by atoms with Gasteiger partial charge in [-0.15, -0.1) is 11.3 Å². The number of ether oxygens (including phenoxy) is 2. The average molecular weight is 431 g/mol. The third-order valence-electron chi connectivity index (χ3n) is 5.21. The van der Waals surface area contributed by atoms with Crippen LogP contribution < -0.4 is 15.4 Å². The highest BCUT2D eigenvalue weighted by atomic mass is 32.1.